The van der Waals surface area contributed by atoms with Crippen LogP contribution in [0.15, 0.2) is 91.5 Å². The summed E-state index contributed by atoms with van der Waals surface area (Å²) in [4.78, 5) is 35.3. The monoisotopic (exact) mass is 558 g/mol. The molecule has 0 radical (unpaired) electrons. The summed E-state index contributed by atoms with van der Waals surface area (Å²) < 4.78 is 21.4. The van der Waals surface area contributed by atoms with E-state index >= 15 is 0 Å². The highest BCUT2D eigenvalue weighted by atomic mass is 16.5. The van der Waals surface area contributed by atoms with Crippen LogP contribution in [0.4, 0.5) is 0 Å². The molecule has 0 heterocycles. The first-order valence-electron chi connectivity index (χ1n) is 13.3. The van der Waals surface area contributed by atoms with Gasteiger partial charge in [-0.3, -0.25) is 0 Å². The Labute approximate surface area is 239 Å². The molecule has 0 aliphatic carbocycles. The van der Waals surface area contributed by atoms with E-state index < -0.39 is 18.5 Å². The summed E-state index contributed by atoms with van der Waals surface area (Å²) in [5, 5.41) is 8.94. The number of esters is 3. The smallest absolute Gasteiger partial charge is 0.343 e. The largest absolute Gasteiger partial charge is 0.493 e. The third kappa shape index (κ3) is 9.77. The van der Waals surface area contributed by atoms with Crippen molar-refractivity contribution in [2.75, 3.05) is 19.8 Å². The molecule has 0 aliphatic rings. The summed E-state index contributed by atoms with van der Waals surface area (Å²) in [6.45, 7) is 9.30. The van der Waals surface area contributed by atoms with Crippen LogP contribution in [0, 0.1) is 6.92 Å². The van der Waals surface area contributed by atoms with Crippen molar-refractivity contribution in [3.63, 3.8) is 0 Å². The molecular formula is C33H34O8. The number of aliphatic hydroxyl groups is 1. The Bertz CT molecular complexity index is 1360. The van der Waals surface area contributed by atoms with Gasteiger partial charge in [-0.25, -0.2) is 14.4 Å². The second-order valence-electron chi connectivity index (χ2n) is 9.20. The predicted octanol–water partition coefficient (Wildman–Crippen LogP) is 6.00. The summed E-state index contributed by atoms with van der Waals surface area (Å²) in [6, 6.07) is 19.1. The van der Waals surface area contributed by atoms with Gasteiger partial charge in [0.25, 0.3) is 0 Å². The highest BCUT2D eigenvalue weighted by molar-refractivity contribution is 5.92. The summed E-state index contributed by atoms with van der Waals surface area (Å²) in [6.07, 6.45) is 4.84. The molecule has 1 N–H and O–H groups in total. The highest BCUT2D eigenvalue weighted by Gasteiger charge is 2.12. The lowest BCUT2D eigenvalue weighted by Crippen LogP contribution is -2.13. The zero-order chi connectivity index (χ0) is 29.6. The van der Waals surface area contributed by atoms with Crippen molar-refractivity contribution < 1.29 is 38.4 Å². The van der Waals surface area contributed by atoms with E-state index in [2.05, 4.69) is 13.2 Å². The molecule has 0 saturated carbocycles. The maximum atomic E-state index is 12.6. The van der Waals surface area contributed by atoms with E-state index in [9.17, 15) is 14.4 Å². The molecule has 214 valence electrons. The van der Waals surface area contributed by atoms with Gasteiger partial charge < -0.3 is 24.1 Å². The summed E-state index contributed by atoms with van der Waals surface area (Å²) in [7, 11) is 0. The quantitative estimate of drug-likeness (QED) is 0.105. The molecule has 3 aromatic rings. The van der Waals surface area contributed by atoms with Crippen LogP contribution in [0.25, 0.3) is 11.1 Å². The van der Waals surface area contributed by atoms with Gasteiger partial charge in [-0.15, -0.1) is 0 Å². The minimum Gasteiger partial charge on any atom is -0.493 e. The lowest BCUT2D eigenvalue weighted by atomic mass is 10.0. The third-order valence-corrected chi connectivity index (χ3v) is 6.06. The fourth-order valence-corrected chi connectivity index (χ4v) is 3.75. The highest BCUT2D eigenvalue weighted by Crippen LogP contribution is 2.27. The average molecular weight is 559 g/mol. The maximum absolute atomic E-state index is 12.6. The Balaban J connectivity index is 1.46. The molecule has 0 saturated heterocycles. The van der Waals surface area contributed by atoms with Crippen LogP contribution in [0.5, 0.6) is 17.2 Å². The Morgan fingerprint density at radius 2 is 1.41 bits per heavy atom. The van der Waals surface area contributed by atoms with Crippen molar-refractivity contribution >= 4 is 17.9 Å². The number of rotatable bonds is 15. The summed E-state index contributed by atoms with van der Waals surface area (Å²) >= 11 is 0. The van der Waals surface area contributed by atoms with Crippen LogP contribution in [-0.4, -0.2) is 42.8 Å². The number of carbonyl (C=O) groups is 3. The number of benzene rings is 3. The van der Waals surface area contributed by atoms with Crippen LogP contribution >= 0.6 is 0 Å². The zero-order valence-corrected chi connectivity index (χ0v) is 23.1. The van der Waals surface area contributed by atoms with Crippen LogP contribution in [0.2, 0.25) is 0 Å². The van der Waals surface area contributed by atoms with Crippen molar-refractivity contribution in [1.29, 1.82) is 0 Å². The number of ether oxygens (including phenoxy) is 4. The van der Waals surface area contributed by atoms with E-state index in [0.29, 0.717) is 24.5 Å². The summed E-state index contributed by atoms with van der Waals surface area (Å²) in [5.41, 5.74) is 3.28. The summed E-state index contributed by atoms with van der Waals surface area (Å²) in [5.74, 6) is -0.287. The number of carbonyl (C=O) groups excluding carboxylic acids is 3. The first-order valence-corrected chi connectivity index (χ1v) is 13.3. The van der Waals surface area contributed by atoms with E-state index in [1.165, 1.54) is 30.3 Å². The zero-order valence-electron chi connectivity index (χ0n) is 23.1. The predicted molar refractivity (Wildman–Crippen MR) is 155 cm³/mol. The molecule has 0 amide bonds. The Hall–Kier alpha value is -4.69. The van der Waals surface area contributed by atoms with Gasteiger partial charge in [0.15, 0.2) is 0 Å². The molecule has 0 aromatic heterocycles. The molecule has 0 atom stereocenters. The van der Waals surface area contributed by atoms with Crippen molar-refractivity contribution in [3.05, 3.63) is 103 Å². The normalized spacial score (nSPS) is 10.4. The van der Waals surface area contributed by atoms with Crippen molar-refractivity contribution in [3.8, 4) is 28.4 Å². The van der Waals surface area contributed by atoms with Gasteiger partial charge in [0, 0.05) is 6.08 Å². The topological polar surface area (TPSA) is 108 Å². The first kappa shape index (κ1) is 30.8. The van der Waals surface area contributed by atoms with Crippen LogP contribution in [-0.2, 0) is 14.3 Å². The van der Waals surface area contributed by atoms with Gasteiger partial charge in [0.05, 0.1) is 31.0 Å². The third-order valence-electron chi connectivity index (χ3n) is 6.06. The molecule has 8 heteroatoms. The van der Waals surface area contributed by atoms with Gasteiger partial charge in [0.1, 0.15) is 17.2 Å². The molecule has 3 aromatic carbocycles. The molecule has 0 spiro atoms. The van der Waals surface area contributed by atoms with E-state index in [0.717, 1.165) is 48.1 Å². The molecule has 0 fully saturated rings. The number of aliphatic hydroxyl groups excluding tert-OH is 1. The van der Waals surface area contributed by atoms with Crippen LogP contribution < -0.4 is 14.2 Å². The fraction of sp³-hybridized carbons (Fsp3) is 0.242. The number of unbranched alkanes of at least 4 members (excludes halogenated alkanes) is 3. The van der Waals surface area contributed by atoms with Gasteiger partial charge in [-0.2, -0.15) is 0 Å². The second-order valence-corrected chi connectivity index (χ2v) is 9.20. The lowest BCUT2D eigenvalue weighted by Gasteiger charge is -2.11. The average Bonchev–Trinajstić information content (AvgIpc) is 2.99. The molecule has 8 nitrogen and oxygen atoms in total. The Morgan fingerprint density at radius 1 is 0.805 bits per heavy atom. The number of hydrogen-bond donors (Lipinski definition) is 1. The first-order chi connectivity index (χ1) is 19.8. The number of hydrogen-bond acceptors (Lipinski definition) is 8. The molecule has 41 heavy (non-hydrogen) atoms. The molecule has 0 bridgehead atoms. The Kier molecular flexibility index (Phi) is 11.9. The van der Waals surface area contributed by atoms with Crippen molar-refractivity contribution in [2.45, 2.75) is 32.6 Å². The molecule has 3 rings (SSSR count). The number of aryl methyl sites for hydroxylation is 1. The molecule has 0 aliphatic heterocycles. The van der Waals surface area contributed by atoms with E-state index in [1.807, 2.05) is 37.3 Å². The second kappa shape index (κ2) is 15.8. The van der Waals surface area contributed by atoms with Crippen LogP contribution in [0.3, 0.4) is 0 Å². The van der Waals surface area contributed by atoms with Gasteiger partial charge in [-0.1, -0.05) is 31.4 Å². The van der Waals surface area contributed by atoms with Crippen molar-refractivity contribution in [1.82, 2.24) is 0 Å². The molecular weight excluding hydrogens is 524 g/mol. The minimum atomic E-state index is -0.733. The van der Waals surface area contributed by atoms with Gasteiger partial charge >= 0.3 is 17.9 Å². The van der Waals surface area contributed by atoms with Gasteiger partial charge in [-0.05, 0) is 97.8 Å². The van der Waals surface area contributed by atoms with Crippen molar-refractivity contribution in [2.24, 2.45) is 0 Å². The van der Waals surface area contributed by atoms with E-state index in [-0.39, 0.29) is 17.3 Å². The van der Waals surface area contributed by atoms with Crippen LogP contribution in [0.1, 0.15) is 41.6 Å². The SMILES string of the molecule is C=CC(=O)OCCCCCCOc1ccc(-c2ccc(C(=O)Oc3ccc(OC(=O)C(=C)CO)cc3)cc2)cc1C. The van der Waals surface area contributed by atoms with E-state index in [4.69, 9.17) is 24.1 Å². The Morgan fingerprint density at radius 3 is 2.02 bits per heavy atom. The maximum Gasteiger partial charge on any atom is 0.343 e. The fourth-order valence-electron chi connectivity index (χ4n) is 3.75. The van der Waals surface area contributed by atoms with E-state index in [1.54, 1.807) is 12.1 Å². The molecule has 0 unspecified atom stereocenters. The van der Waals surface area contributed by atoms with Gasteiger partial charge in [0.2, 0.25) is 0 Å². The lowest BCUT2D eigenvalue weighted by molar-refractivity contribution is -0.137. The standard InChI is InChI=1S/C33H34O8/c1-4-31(35)39-20-8-6-5-7-19-38-30-18-13-27(21-23(30)2)25-9-11-26(12-10-25)33(37)41-29-16-14-28(15-17-29)40-32(36)24(3)22-34/h4,9-18,21,34H,1,3,5-8,19-20,22H2,2H3. The minimum absolute atomic E-state index is 0.0614.